The highest BCUT2D eigenvalue weighted by Crippen LogP contribution is 2.30. The second kappa shape index (κ2) is 7.69. The average molecular weight is 423 g/mol. The van der Waals surface area contributed by atoms with Crippen LogP contribution in [0.15, 0.2) is 83.8 Å². The summed E-state index contributed by atoms with van der Waals surface area (Å²) in [6.45, 7) is 1.89. The van der Waals surface area contributed by atoms with Crippen LogP contribution in [0.25, 0.3) is 10.1 Å². The van der Waals surface area contributed by atoms with E-state index in [9.17, 15) is 13.2 Å². The average Bonchev–Trinajstić information content (AvgIpc) is 3.10. The van der Waals surface area contributed by atoms with Gasteiger partial charge in [-0.3, -0.25) is 9.52 Å². The van der Waals surface area contributed by atoms with E-state index in [2.05, 4.69) is 10.0 Å². The van der Waals surface area contributed by atoms with Crippen LogP contribution in [0.2, 0.25) is 0 Å². The molecule has 2 N–H and O–H groups in total. The Labute approximate surface area is 173 Å². The van der Waals surface area contributed by atoms with Crippen molar-refractivity contribution in [1.29, 1.82) is 0 Å². The van der Waals surface area contributed by atoms with Gasteiger partial charge in [-0.25, -0.2) is 8.42 Å². The van der Waals surface area contributed by atoms with Crippen molar-refractivity contribution in [3.05, 3.63) is 90.0 Å². The molecule has 5 nitrogen and oxygen atoms in total. The van der Waals surface area contributed by atoms with E-state index in [4.69, 9.17) is 0 Å². The Morgan fingerprint density at radius 2 is 1.59 bits per heavy atom. The molecule has 0 aliphatic rings. The van der Waals surface area contributed by atoms with Crippen molar-refractivity contribution in [2.24, 2.45) is 0 Å². The number of sulfonamides is 1. The SMILES string of the molecule is Cc1ccc(S(=O)(=O)Nc2ccccc2C(=O)Nc2cc3ccccc3s2)cc1. The first kappa shape index (κ1) is 19.2. The number of benzene rings is 3. The molecular formula is C22H18N2O3S2. The first-order valence-corrected chi connectivity index (χ1v) is 11.2. The molecule has 0 saturated heterocycles. The molecule has 1 amide bonds. The van der Waals surface area contributed by atoms with Crippen LogP contribution in [0.3, 0.4) is 0 Å². The van der Waals surface area contributed by atoms with Gasteiger partial charge in [0.15, 0.2) is 0 Å². The quantitative estimate of drug-likeness (QED) is 0.460. The number of para-hydroxylation sites is 1. The van der Waals surface area contributed by atoms with Gasteiger partial charge in [0.25, 0.3) is 15.9 Å². The number of hydrogen-bond acceptors (Lipinski definition) is 4. The lowest BCUT2D eigenvalue weighted by molar-refractivity contribution is 0.102. The molecule has 1 aromatic heterocycles. The van der Waals surface area contributed by atoms with E-state index in [-0.39, 0.29) is 22.1 Å². The molecule has 0 spiro atoms. The van der Waals surface area contributed by atoms with E-state index in [1.807, 2.05) is 37.3 Å². The largest absolute Gasteiger partial charge is 0.313 e. The maximum atomic E-state index is 12.8. The molecule has 7 heteroatoms. The smallest absolute Gasteiger partial charge is 0.261 e. The lowest BCUT2D eigenvalue weighted by atomic mass is 10.1. The van der Waals surface area contributed by atoms with Crippen molar-refractivity contribution < 1.29 is 13.2 Å². The zero-order chi connectivity index (χ0) is 20.4. The Hall–Kier alpha value is -3.16. The summed E-state index contributed by atoms with van der Waals surface area (Å²) in [5.41, 5.74) is 1.44. The Morgan fingerprint density at radius 3 is 2.34 bits per heavy atom. The van der Waals surface area contributed by atoms with E-state index < -0.39 is 10.0 Å². The number of thiophene rings is 1. The maximum absolute atomic E-state index is 12.8. The minimum atomic E-state index is -3.81. The molecule has 0 atom stereocenters. The summed E-state index contributed by atoms with van der Waals surface area (Å²) >= 11 is 1.47. The number of hydrogen-bond donors (Lipinski definition) is 2. The number of amides is 1. The first-order valence-electron chi connectivity index (χ1n) is 8.91. The predicted octanol–water partition coefficient (Wildman–Crippen LogP) is 5.26. The maximum Gasteiger partial charge on any atom is 0.261 e. The summed E-state index contributed by atoms with van der Waals surface area (Å²) in [7, 11) is -3.81. The molecule has 4 rings (SSSR count). The number of anilines is 2. The zero-order valence-corrected chi connectivity index (χ0v) is 17.2. The zero-order valence-electron chi connectivity index (χ0n) is 15.5. The minimum Gasteiger partial charge on any atom is -0.313 e. The highest BCUT2D eigenvalue weighted by molar-refractivity contribution is 7.92. The molecular weight excluding hydrogens is 404 g/mol. The number of carbonyl (C=O) groups excluding carboxylic acids is 1. The van der Waals surface area contributed by atoms with Crippen LogP contribution < -0.4 is 10.0 Å². The van der Waals surface area contributed by atoms with E-state index in [0.717, 1.165) is 15.6 Å². The first-order chi connectivity index (χ1) is 13.9. The summed E-state index contributed by atoms with van der Waals surface area (Å²) in [4.78, 5) is 13.0. The summed E-state index contributed by atoms with van der Waals surface area (Å²) in [5.74, 6) is -0.376. The number of carbonyl (C=O) groups is 1. The number of fused-ring (bicyclic) bond motifs is 1. The van der Waals surface area contributed by atoms with Crippen LogP contribution in [-0.4, -0.2) is 14.3 Å². The fourth-order valence-corrected chi connectivity index (χ4v) is 4.95. The third-order valence-corrected chi connectivity index (χ3v) is 6.82. The van der Waals surface area contributed by atoms with Crippen LogP contribution in [0.5, 0.6) is 0 Å². The Bertz CT molecular complexity index is 1260. The summed E-state index contributed by atoms with van der Waals surface area (Å²) in [5, 5.41) is 4.61. The van der Waals surface area contributed by atoms with Crippen LogP contribution in [0.4, 0.5) is 10.7 Å². The normalized spacial score (nSPS) is 11.3. The van der Waals surface area contributed by atoms with Gasteiger partial charge in [-0.05, 0) is 48.7 Å². The van der Waals surface area contributed by atoms with Crippen molar-refractivity contribution in [3.63, 3.8) is 0 Å². The number of rotatable bonds is 5. The summed E-state index contributed by atoms with van der Waals surface area (Å²) < 4.78 is 29.0. The lowest BCUT2D eigenvalue weighted by Gasteiger charge is -2.12. The third-order valence-electron chi connectivity index (χ3n) is 4.41. The Kier molecular flexibility index (Phi) is 5.08. The molecule has 0 bridgehead atoms. The molecule has 3 aromatic carbocycles. The third kappa shape index (κ3) is 4.16. The number of aryl methyl sites for hydroxylation is 1. The molecule has 4 aromatic rings. The van der Waals surface area contributed by atoms with Crippen LogP contribution in [0.1, 0.15) is 15.9 Å². The summed E-state index contributed by atoms with van der Waals surface area (Å²) in [6.07, 6.45) is 0. The van der Waals surface area contributed by atoms with Crippen LogP contribution in [0, 0.1) is 6.92 Å². The molecule has 0 aliphatic heterocycles. The second-order valence-electron chi connectivity index (χ2n) is 6.57. The topological polar surface area (TPSA) is 75.3 Å². The highest BCUT2D eigenvalue weighted by atomic mass is 32.2. The molecule has 146 valence electrons. The van der Waals surface area contributed by atoms with Crippen molar-refractivity contribution >= 4 is 48.0 Å². The fraction of sp³-hybridized carbons (Fsp3) is 0.0455. The monoisotopic (exact) mass is 422 g/mol. The van der Waals surface area contributed by atoms with Crippen molar-refractivity contribution in [1.82, 2.24) is 0 Å². The molecule has 0 radical (unpaired) electrons. The summed E-state index contributed by atoms with van der Waals surface area (Å²) in [6, 6.07) is 22.8. The highest BCUT2D eigenvalue weighted by Gasteiger charge is 2.19. The standard InChI is InChI=1S/C22H18N2O3S2/c1-15-10-12-17(13-11-15)29(26,27)24-19-8-4-3-7-18(19)22(25)23-21-14-16-6-2-5-9-20(16)28-21/h2-14,24H,1H3,(H,23,25). The van der Waals surface area contributed by atoms with Gasteiger partial charge in [-0.15, -0.1) is 11.3 Å². The predicted molar refractivity (Wildman–Crippen MR) is 118 cm³/mol. The van der Waals surface area contributed by atoms with Gasteiger partial charge in [0.05, 0.1) is 21.1 Å². The number of nitrogens with one attached hydrogen (secondary N) is 2. The van der Waals surface area contributed by atoms with Gasteiger partial charge >= 0.3 is 0 Å². The Balaban J connectivity index is 1.60. The van der Waals surface area contributed by atoms with Crippen molar-refractivity contribution in [2.75, 3.05) is 10.0 Å². The van der Waals surface area contributed by atoms with E-state index in [0.29, 0.717) is 5.00 Å². The van der Waals surface area contributed by atoms with Gasteiger partial charge in [-0.2, -0.15) is 0 Å². The lowest BCUT2D eigenvalue weighted by Crippen LogP contribution is -2.18. The second-order valence-corrected chi connectivity index (χ2v) is 9.33. The van der Waals surface area contributed by atoms with Gasteiger partial charge < -0.3 is 5.32 Å². The molecule has 0 fully saturated rings. The molecule has 29 heavy (non-hydrogen) atoms. The molecule has 0 aliphatic carbocycles. The minimum absolute atomic E-state index is 0.141. The van der Waals surface area contributed by atoms with Gasteiger partial charge in [0, 0.05) is 4.70 Å². The van der Waals surface area contributed by atoms with Crippen LogP contribution >= 0.6 is 11.3 Å². The van der Waals surface area contributed by atoms with E-state index in [1.54, 1.807) is 36.4 Å². The van der Waals surface area contributed by atoms with Gasteiger partial charge in [0.2, 0.25) is 0 Å². The van der Waals surface area contributed by atoms with E-state index in [1.165, 1.54) is 23.5 Å². The van der Waals surface area contributed by atoms with Gasteiger partial charge in [0.1, 0.15) is 0 Å². The molecule has 0 unspecified atom stereocenters. The van der Waals surface area contributed by atoms with Crippen LogP contribution in [-0.2, 0) is 10.0 Å². The van der Waals surface area contributed by atoms with Crippen molar-refractivity contribution in [3.8, 4) is 0 Å². The van der Waals surface area contributed by atoms with Gasteiger partial charge in [-0.1, -0.05) is 48.0 Å². The van der Waals surface area contributed by atoms with E-state index >= 15 is 0 Å². The Morgan fingerprint density at radius 1 is 0.897 bits per heavy atom. The fourth-order valence-electron chi connectivity index (χ4n) is 2.91. The molecule has 0 saturated carbocycles. The molecule has 1 heterocycles. The van der Waals surface area contributed by atoms with Crippen molar-refractivity contribution in [2.45, 2.75) is 11.8 Å².